The van der Waals surface area contributed by atoms with Crippen molar-refractivity contribution in [1.82, 2.24) is 0 Å². The van der Waals surface area contributed by atoms with Gasteiger partial charge in [-0.25, -0.2) is 4.79 Å². The molecule has 0 saturated heterocycles. The second kappa shape index (κ2) is 8.11. The first-order chi connectivity index (χ1) is 13.7. The van der Waals surface area contributed by atoms with Gasteiger partial charge in [-0.1, -0.05) is 56.7 Å². The largest absolute Gasteiger partial charge is 0.474 e. The molecule has 0 saturated carbocycles. The van der Waals surface area contributed by atoms with E-state index in [9.17, 15) is 9.59 Å². The molecule has 0 N–H and O–H groups in total. The van der Waals surface area contributed by atoms with Crippen molar-refractivity contribution in [3.8, 4) is 17.1 Å². The number of esters is 1. The minimum Gasteiger partial charge on any atom is -0.474 e. The van der Waals surface area contributed by atoms with Crippen LogP contribution < -0.4 is 10.2 Å². The van der Waals surface area contributed by atoms with E-state index in [2.05, 4.69) is 20.8 Å². The molecule has 1 heterocycles. The summed E-state index contributed by atoms with van der Waals surface area (Å²) in [4.78, 5) is 24.9. The fourth-order valence-electron chi connectivity index (χ4n) is 3.07. The highest BCUT2D eigenvalue weighted by Gasteiger charge is 2.20. The van der Waals surface area contributed by atoms with Gasteiger partial charge in [-0.3, -0.25) is 4.79 Å². The van der Waals surface area contributed by atoms with Crippen LogP contribution in [0.1, 0.15) is 38.8 Å². The monoisotopic (exact) mass is 394 g/mol. The van der Waals surface area contributed by atoms with E-state index in [-0.39, 0.29) is 29.8 Å². The summed E-state index contributed by atoms with van der Waals surface area (Å²) in [5.74, 6) is -0.221. The third-order valence-corrected chi connectivity index (χ3v) is 4.66. The normalized spacial score (nSPS) is 11.5. The molecule has 0 aliphatic carbocycles. The topological polar surface area (TPSA) is 65.7 Å². The van der Waals surface area contributed by atoms with Crippen LogP contribution in [0.5, 0.6) is 5.75 Å². The number of rotatable bonds is 5. The fourth-order valence-corrected chi connectivity index (χ4v) is 3.07. The van der Waals surface area contributed by atoms with E-state index < -0.39 is 5.97 Å². The number of hydrogen-bond acceptors (Lipinski definition) is 5. The molecule has 0 bridgehead atoms. The van der Waals surface area contributed by atoms with Gasteiger partial charge in [0.2, 0.25) is 11.2 Å². The molecule has 0 radical (unpaired) electrons. The lowest BCUT2D eigenvalue weighted by Crippen LogP contribution is -2.19. The Hall–Kier alpha value is -3.08. The molecule has 0 fully saturated rings. The van der Waals surface area contributed by atoms with Gasteiger partial charge in [0.25, 0.3) is 0 Å². The van der Waals surface area contributed by atoms with Crippen LogP contribution in [-0.4, -0.2) is 19.2 Å². The first-order valence-corrected chi connectivity index (χ1v) is 9.67. The molecule has 0 spiro atoms. The second-order valence-electron chi connectivity index (χ2n) is 8.01. The van der Waals surface area contributed by atoms with E-state index in [0.717, 1.165) is 11.1 Å². The van der Waals surface area contributed by atoms with Crippen LogP contribution in [0.15, 0.2) is 51.7 Å². The standard InChI is InChI=1S/C24H26O5/c1-6-27-20(25)14-28-23-21(26)18-13-15(2)7-12-19(18)29-22(23)16-8-10-17(11-9-16)24(3,4)5/h7-13H,6,14H2,1-5H3. The summed E-state index contributed by atoms with van der Waals surface area (Å²) < 4.78 is 16.6. The first kappa shape index (κ1) is 20.6. The number of aryl methyl sites for hydroxylation is 1. The summed E-state index contributed by atoms with van der Waals surface area (Å²) in [6.45, 7) is 9.90. The summed E-state index contributed by atoms with van der Waals surface area (Å²) >= 11 is 0. The van der Waals surface area contributed by atoms with E-state index in [1.165, 1.54) is 0 Å². The Morgan fingerprint density at radius 2 is 1.76 bits per heavy atom. The molecule has 29 heavy (non-hydrogen) atoms. The molecule has 3 aromatic rings. The molecule has 5 heteroatoms. The van der Waals surface area contributed by atoms with Crippen LogP contribution in [0.3, 0.4) is 0 Å². The first-order valence-electron chi connectivity index (χ1n) is 9.67. The quantitative estimate of drug-likeness (QED) is 0.569. The number of benzene rings is 2. The zero-order chi connectivity index (χ0) is 21.2. The summed E-state index contributed by atoms with van der Waals surface area (Å²) in [6, 6.07) is 13.2. The Morgan fingerprint density at radius 1 is 1.07 bits per heavy atom. The summed E-state index contributed by atoms with van der Waals surface area (Å²) in [7, 11) is 0. The van der Waals surface area contributed by atoms with E-state index in [4.69, 9.17) is 13.9 Å². The van der Waals surface area contributed by atoms with Crippen molar-refractivity contribution < 1.29 is 18.7 Å². The summed E-state index contributed by atoms with van der Waals surface area (Å²) in [5.41, 5.74) is 2.96. The van der Waals surface area contributed by atoms with Crippen molar-refractivity contribution in [3.05, 3.63) is 63.8 Å². The van der Waals surface area contributed by atoms with Crippen molar-refractivity contribution in [2.75, 3.05) is 13.2 Å². The maximum Gasteiger partial charge on any atom is 0.344 e. The van der Waals surface area contributed by atoms with Gasteiger partial charge in [-0.05, 0) is 37.0 Å². The molecule has 1 aromatic heterocycles. The van der Waals surface area contributed by atoms with Crippen LogP contribution in [0.2, 0.25) is 0 Å². The SMILES string of the molecule is CCOC(=O)COc1c(-c2ccc(C(C)(C)C)cc2)oc2ccc(C)cc2c1=O. The minimum atomic E-state index is -0.537. The van der Waals surface area contributed by atoms with Crippen LogP contribution >= 0.6 is 0 Å². The lowest BCUT2D eigenvalue weighted by Gasteiger charge is -2.19. The van der Waals surface area contributed by atoms with Gasteiger partial charge in [0.05, 0.1) is 12.0 Å². The Balaban J connectivity index is 2.13. The maximum atomic E-state index is 13.1. The highest BCUT2D eigenvalue weighted by Crippen LogP contribution is 2.33. The van der Waals surface area contributed by atoms with Gasteiger partial charge in [0.1, 0.15) is 5.58 Å². The molecule has 3 rings (SSSR count). The van der Waals surface area contributed by atoms with Gasteiger partial charge in [0, 0.05) is 5.56 Å². The predicted molar refractivity (Wildman–Crippen MR) is 113 cm³/mol. The Kier molecular flexibility index (Phi) is 5.78. The van der Waals surface area contributed by atoms with Crippen molar-refractivity contribution >= 4 is 16.9 Å². The molecule has 2 aromatic carbocycles. The molecular weight excluding hydrogens is 368 g/mol. The van der Waals surface area contributed by atoms with Gasteiger partial charge in [-0.15, -0.1) is 0 Å². The Labute approximate surface area is 170 Å². The van der Waals surface area contributed by atoms with Gasteiger partial charge in [0.15, 0.2) is 12.4 Å². The zero-order valence-electron chi connectivity index (χ0n) is 17.5. The second-order valence-corrected chi connectivity index (χ2v) is 8.01. The van der Waals surface area contributed by atoms with Crippen molar-refractivity contribution in [2.24, 2.45) is 0 Å². The predicted octanol–water partition coefficient (Wildman–Crippen LogP) is 5.01. The molecular formula is C24H26O5. The minimum absolute atomic E-state index is 0.00349. The molecule has 152 valence electrons. The highest BCUT2D eigenvalue weighted by molar-refractivity contribution is 5.83. The van der Waals surface area contributed by atoms with Gasteiger partial charge in [-0.2, -0.15) is 0 Å². The van der Waals surface area contributed by atoms with Gasteiger partial charge < -0.3 is 13.9 Å². The zero-order valence-corrected chi connectivity index (χ0v) is 17.5. The van der Waals surface area contributed by atoms with E-state index in [0.29, 0.717) is 22.3 Å². The number of hydrogen-bond donors (Lipinski definition) is 0. The number of carbonyl (C=O) groups is 1. The van der Waals surface area contributed by atoms with Crippen LogP contribution in [-0.2, 0) is 14.9 Å². The van der Waals surface area contributed by atoms with Crippen LogP contribution in [0.4, 0.5) is 0 Å². The van der Waals surface area contributed by atoms with E-state index in [1.807, 2.05) is 37.3 Å². The fraction of sp³-hybridized carbons (Fsp3) is 0.333. The Morgan fingerprint density at radius 3 is 2.38 bits per heavy atom. The third kappa shape index (κ3) is 4.50. The number of fused-ring (bicyclic) bond motifs is 1. The summed E-state index contributed by atoms with van der Waals surface area (Å²) in [5, 5.41) is 0.416. The number of carbonyl (C=O) groups excluding carboxylic acids is 1. The molecule has 5 nitrogen and oxygen atoms in total. The molecule has 0 unspecified atom stereocenters. The van der Waals surface area contributed by atoms with Crippen molar-refractivity contribution in [2.45, 2.75) is 40.0 Å². The molecule has 0 amide bonds. The van der Waals surface area contributed by atoms with Gasteiger partial charge >= 0.3 is 5.97 Å². The van der Waals surface area contributed by atoms with Crippen molar-refractivity contribution in [1.29, 1.82) is 0 Å². The average molecular weight is 394 g/mol. The van der Waals surface area contributed by atoms with E-state index >= 15 is 0 Å². The lowest BCUT2D eigenvalue weighted by molar-refractivity contribution is -0.145. The van der Waals surface area contributed by atoms with Crippen molar-refractivity contribution in [3.63, 3.8) is 0 Å². The molecule has 0 aliphatic rings. The molecule has 0 atom stereocenters. The highest BCUT2D eigenvalue weighted by atomic mass is 16.6. The number of ether oxygens (including phenoxy) is 2. The van der Waals surface area contributed by atoms with E-state index in [1.54, 1.807) is 19.1 Å². The smallest absolute Gasteiger partial charge is 0.344 e. The summed E-state index contributed by atoms with van der Waals surface area (Å²) in [6.07, 6.45) is 0. The maximum absolute atomic E-state index is 13.1. The molecule has 0 aliphatic heterocycles. The van der Waals surface area contributed by atoms with Crippen LogP contribution in [0.25, 0.3) is 22.3 Å². The third-order valence-electron chi connectivity index (χ3n) is 4.66. The lowest BCUT2D eigenvalue weighted by atomic mass is 9.86. The average Bonchev–Trinajstić information content (AvgIpc) is 2.67. The Bertz CT molecular complexity index is 1090. The van der Waals surface area contributed by atoms with Crippen LogP contribution in [0, 0.1) is 6.92 Å².